The van der Waals surface area contributed by atoms with Crippen LogP contribution in [0, 0.1) is 6.92 Å². The zero-order chi connectivity index (χ0) is 12.4. The summed E-state index contributed by atoms with van der Waals surface area (Å²) in [6, 6.07) is 7.48. The van der Waals surface area contributed by atoms with Crippen molar-refractivity contribution in [3.8, 4) is 0 Å². The second-order valence-electron chi connectivity index (χ2n) is 3.97. The van der Waals surface area contributed by atoms with Gasteiger partial charge in [0.1, 0.15) is 5.57 Å². The summed E-state index contributed by atoms with van der Waals surface area (Å²) in [5, 5.41) is 8.90. The zero-order valence-electron chi connectivity index (χ0n) is 9.43. The molecule has 0 aromatic heterocycles. The minimum absolute atomic E-state index is 0.136. The molecule has 1 aliphatic carbocycles. The summed E-state index contributed by atoms with van der Waals surface area (Å²) in [6.07, 6.45) is 3.69. The van der Waals surface area contributed by atoms with Crippen LogP contribution in [0.25, 0.3) is 5.57 Å². The Bertz CT molecular complexity index is 533. The first-order valence-electron chi connectivity index (χ1n) is 5.35. The molecule has 0 amide bonds. The number of carbonyl (C=O) groups is 2. The lowest BCUT2D eigenvalue weighted by molar-refractivity contribution is -0.134. The van der Waals surface area contributed by atoms with E-state index < -0.39 is 11.8 Å². The summed E-state index contributed by atoms with van der Waals surface area (Å²) in [6.45, 7) is 1.96. The van der Waals surface area contributed by atoms with Crippen LogP contribution in [0.3, 0.4) is 0 Å². The van der Waals surface area contributed by atoms with Crippen LogP contribution in [-0.2, 0) is 9.59 Å². The third-order valence-corrected chi connectivity index (χ3v) is 2.73. The van der Waals surface area contributed by atoms with Crippen molar-refractivity contribution in [3.63, 3.8) is 0 Å². The van der Waals surface area contributed by atoms with Gasteiger partial charge in [-0.15, -0.1) is 0 Å². The van der Waals surface area contributed by atoms with Crippen LogP contribution in [0.5, 0.6) is 0 Å². The molecule has 0 spiro atoms. The molecule has 0 fully saturated rings. The molecule has 1 aromatic rings. The fraction of sp³-hybridized carbons (Fsp3) is 0.143. The Morgan fingerprint density at radius 2 is 1.82 bits per heavy atom. The molecule has 0 heterocycles. The molecular formula is C14H12O3. The van der Waals surface area contributed by atoms with Crippen LogP contribution in [0.15, 0.2) is 42.0 Å². The van der Waals surface area contributed by atoms with E-state index in [1.54, 1.807) is 6.08 Å². The number of aliphatic carboxylic acids is 1. The van der Waals surface area contributed by atoms with Gasteiger partial charge in [0, 0.05) is 5.57 Å². The lowest BCUT2D eigenvalue weighted by Gasteiger charge is -2.11. The Kier molecular flexibility index (Phi) is 2.91. The highest BCUT2D eigenvalue weighted by molar-refractivity contribution is 6.37. The van der Waals surface area contributed by atoms with Crippen molar-refractivity contribution < 1.29 is 14.7 Å². The molecule has 0 saturated carbocycles. The van der Waals surface area contributed by atoms with Crippen LogP contribution in [0.4, 0.5) is 0 Å². The third kappa shape index (κ3) is 2.18. The number of hydrogen-bond donors (Lipinski definition) is 1. The number of allylic oxidation sites excluding steroid dienone is 3. The van der Waals surface area contributed by atoms with Crippen LogP contribution in [-0.4, -0.2) is 16.9 Å². The van der Waals surface area contributed by atoms with Crippen molar-refractivity contribution in [1.29, 1.82) is 0 Å². The van der Waals surface area contributed by atoms with Gasteiger partial charge in [0.05, 0.1) is 0 Å². The summed E-state index contributed by atoms with van der Waals surface area (Å²) in [4.78, 5) is 22.8. The number of ketones is 1. The molecule has 3 heteroatoms. The predicted octanol–water partition coefficient (Wildman–Crippen LogP) is 2.36. The van der Waals surface area contributed by atoms with E-state index in [2.05, 4.69) is 0 Å². The summed E-state index contributed by atoms with van der Waals surface area (Å²) in [5.41, 5.74) is 2.21. The van der Waals surface area contributed by atoms with Gasteiger partial charge in [0.15, 0.2) is 5.78 Å². The highest BCUT2D eigenvalue weighted by atomic mass is 16.4. The second kappa shape index (κ2) is 4.37. The van der Waals surface area contributed by atoms with Gasteiger partial charge in [-0.1, -0.05) is 42.0 Å². The average Bonchev–Trinajstić information content (AvgIpc) is 2.30. The number of hydrogen-bond acceptors (Lipinski definition) is 2. The molecule has 0 aliphatic heterocycles. The molecule has 2 rings (SSSR count). The highest BCUT2D eigenvalue weighted by Gasteiger charge is 2.24. The van der Waals surface area contributed by atoms with E-state index in [0.29, 0.717) is 12.0 Å². The van der Waals surface area contributed by atoms with Crippen LogP contribution < -0.4 is 0 Å². The zero-order valence-corrected chi connectivity index (χ0v) is 9.43. The molecule has 3 nitrogen and oxygen atoms in total. The van der Waals surface area contributed by atoms with Crippen molar-refractivity contribution in [3.05, 3.63) is 53.1 Å². The van der Waals surface area contributed by atoms with E-state index in [0.717, 1.165) is 11.1 Å². The van der Waals surface area contributed by atoms with E-state index in [4.69, 9.17) is 5.11 Å². The SMILES string of the molecule is Cc1ccc(C2=CCC=C(C(=O)O)C2=O)cc1. The van der Waals surface area contributed by atoms with Crippen molar-refractivity contribution in [2.24, 2.45) is 0 Å². The monoisotopic (exact) mass is 228 g/mol. The van der Waals surface area contributed by atoms with Gasteiger partial charge >= 0.3 is 5.97 Å². The first-order valence-corrected chi connectivity index (χ1v) is 5.35. The number of Topliss-reactive ketones (excluding diaryl/α,β-unsaturated/α-hetero) is 1. The van der Waals surface area contributed by atoms with Gasteiger partial charge in [-0.3, -0.25) is 4.79 Å². The minimum atomic E-state index is -1.16. The summed E-state index contributed by atoms with van der Waals surface area (Å²) >= 11 is 0. The second-order valence-corrected chi connectivity index (χ2v) is 3.97. The molecular weight excluding hydrogens is 216 g/mol. The topological polar surface area (TPSA) is 54.4 Å². The number of carboxylic acid groups (broad SMARTS) is 1. The van der Waals surface area contributed by atoms with Gasteiger partial charge in [0.2, 0.25) is 0 Å². The van der Waals surface area contributed by atoms with E-state index in [9.17, 15) is 9.59 Å². The Morgan fingerprint density at radius 3 is 2.41 bits per heavy atom. The Labute approximate surface area is 99.1 Å². The molecule has 1 N–H and O–H groups in total. The Hall–Kier alpha value is -2.16. The van der Waals surface area contributed by atoms with Crippen LogP contribution in [0.1, 0.15) is 17.5 Å². The van der Waals surface area contributed by atoms with Crippen molar-refractivity contribution >= 4 is 17.3 Å². The molecule has 0 radical (unpaired) electrons. The summed E-state index contributed by atoms with van der Waals surface area (Å²) < 4.78 is 0. The van der Waals surface area contributed by atoms with Gasteiger partial charge in [-0.25, -0.2) is 4.79 Å². The van der Waals surface area contributed by atoms with Crippen molar-refractivity contribution in [2.45, 2.75) is 13.3 Å². The van der Waals surface area contributed by atoms with Gasteiger partial charge in [-0.2, -0.15) is 0 Å². The Morgan fingerprint density at radius 1 is 1.18 bits per heavy atom. The summed E-state index contributed by atoms with van der Waals surface area (Å²) in [7, 11) is 0. The van der Waals surface area contributed by atoms with Crippen molar-refractivity contribution in [2.75, 3.05) is 0 Å². The van der Waals surface area contributed by atoms with Gasteiger partial charge < -0.3 is 5.11 Å². The predicted molar refractivity (Wildman–Crippen MR) is 64.5 cm³/mol. The van der Waals surface area contributed by atoms with Crippen molar-refractivity contribution in [1.82, 2.24) is 0 Å². The molecule has 17 heavy (non-hydrogen) atoms. The van der Waals surface area contributed by atoms with E-state index in [1.807, 2.05) is 31.2 Å². The number of benzene rings is 1. The maximum absolute atomic E-state index is 11.9. The summed E-state index contributed by atoms with van der Waals surface area (Å²) in [5.74, 6) is -1.57. The number of aryl methyl sites for hydroxylation is 1. The molecule has 0 unspecified atom stereocenters. The number of carbonyl (C=O) groups excluding carboxylic acids is 1. The van der Waals surface area contributed by atoms with E-state index >= 15 is 0 Å². The normalized spacial score (nSPS) is 15.2. The molecule has 0 atom stereocenters. The van der Waals surface area contributed by atoms with Crippen LogP contribution >= 0.6 is 0 Å². The maximum atomic E-state index is 11.9. The van der Waals surface area contributed by atoms with E-state index in [1.165, 1.54) is 6.08 Å². The molecule has 1 aliphatic rings. The first kappa shape index (κ1) is 11.3. The molecule has 0 saturated heterocycles. The fourth-order valence-electron chi connectivity index (χ4n) is 1.79. The third-order valence-electron chi connectivity index (χ3n) is 2.73. The first-order chi connectivity index (χ1) is 8.09. The Balaban J connectivity index is 2.35. The highest BCUT2D eigenvalue weighted by Crippen LogP contribution is 2.24. The van der Waals surface area contributed by atoms with E-state index in [-0.39, 0.29) is 5.57 Å². The standard InChI is InChI=1S/C14H12O3/c1-9-5-7-10(8-6-9)11-3-2-4-12(13(11)15)14(16)17/h3-8H,2H2,1H3,(H,16,17). The smallest absolute Gasteiger partial charge is 0.339 e. The average molecular weight is 228 g/mol. The quantitative estimate of drug-likeness (QED) is 0.790. The molecule has 86 valence electrons. The van der Waals surface area contributed by atoms with Gasteiger partial charge in [-0.05, 0) is 18.9 Å². The lowest BCUT2D eigenvalue weighted by Crippen LogP contribution is -2.16. The number of rotatable bonds is 2. The van der Waals surface area contributed by atoms with Gasteiger partial charge in [0.25, 0.3) is 0 Å². The molecule has 1 aromatic carbocycles. The maximum Gasteiger partial charge on any atom is 0.339 e. The number of carboxylic acids is 1. The largest absolute Gasteiger partial charge is 0.478 e. The fourth-order valence-corrected chi connectivity index (χ4v) is 1.79. The van der Waals surface area contributed by atoms with Crippen LogP contribution in [0.2, 0.25) is 0 Å². The minimum Gasteiger partial charge on any atom is -0.478 e. The lowest BCUT2D eigenvalue weighted by atomic mass is 9.91. The molecule has 0 bridgehead atoms.